The molecule has 0 spiro atoms. The number of halogens is 3. The van der Waals surface area contributed by atoms with Crippen molar-refractivity contribution in [3.8, 4) is 11.4 Å². The highest BCUT2D eigenvalue weighted by molar-refractivity contribution is 7.93. The van der Waals surface area contributed by atoms with Crippen LogP contribution < -0.4 is 0 Å². The molecule has 2 heterocycles. The lowest BCUT2D eigenvalue weighted by atomic mass is 10.2. The molecule has 2 aromatic heterocycles. The van der Waals surface area contributed by atoms with Gasteiger partial charge < -0.3 is 4.52 Å². The Kier molecular flexibility index (Phi) is 4.74. The number of hydrogen-bond acceptors (Lipinski definition) is 7. The van der Waals surface area contributed by atoms with Gasteiger partial charge in [0.15, 0.2) is 0 Å². The van der Waals surface area contributed by atoms with E-state index in [0.717, 1.165) is 0 Å². The minimum absolute atomic E-state index is 0.190. The molecule has 0 aliphatic rings. The number of aromatic nitrogens is 4. The Labute approximate surface area is 150 Å². The van der Waals surface area contributed by atoms with Gasteiger partial charge in [-0.15, -0.1) is 0 Å². The highest BCUT2D eigenvalue weighted by atomic mass is 32.2. The number of amides is 1. The third kappa shape index (κ3) is 4.16. The van der Waals surface area contributed by atoms with Gasteiger partial charge in [0.25, 0.3) is 0 Å². The van der Waals surface area contributed by atoms with Gasteiger partial charge in [0.1, 0.15) is 0 Å². The van der Waals surface area contributed by atoms with Crippen LogP contribution in [0.5, 0.6) is 0 Å². The number of rotatable bonds is 3. The van der Waals surface area contributed by atoms with Crippen molar-refractivity contribution in [2.45, 2.75) is 11.1 Å². The largest absolute Gasteiger partial charge is 0.471 e. The summed E-state index contributed by atoms with van der Waals surface area (Å²) in [6, 6.07) is 6.92. The predicted octanol–water partition coefficient (Wildman–Crippen LogP) is 2.84. The molecular weight excluding hydrogens is 387 g/mol. The van der Waals surface area contributed by atoms with Gasteiger partial charge in [-0.2, -0.15) is 22.5 Å². The molecule has 0 saturated heterocycles. The Hall–Kier alpha value is -3.15. The molecule has 3 aromatic rings. The first-order valence-corrected chi connectivity index (χ1v) is 9.14. The van der Waals surface area contributed by atoms with Crippen LogP contribution in [0.3, 0.4) is 0 Å². The van der Waals surface area contributed by atoms with Gasteiger partial charge in [-0.1, -0.05) is 5.16 Å². The molecule has 140 valence electrons. The highest BCUT2D eigenvalue weighted by Crippen LogP contribution is 2.29. The number of alkyl halides is 3. The summed E-state index contributed by atoms with van der Waals surface area (Å²) in [6.45, 7) is 0. The minimum atomic E-state index is -4.75. The fourth-order valence-electron chi connectivity index (χ4n) is 1.97. The Bertz CT molecular complexity index is 1090. The molecule has 27 heavy (non-hydrogen) atoms. The highest BCUT2D eigenvalue weighted by Gasteiger charge is 2.38. The molecular formula is C15H10F3N5O3S. The van der Waals surface area contributed by atoms with E-state index in [2.05, 4.69) is 29.0 Å². The summed E-state index contributed by atoms with van der Waals surface area (Å²) in [4.78, 5) is 22.9. The number of benzene rings is 1. The van der Waals surface area contributed by atoms with Crippen molar-refractivity contribution < 1.29 is 26.7 Å². The van der Waals surface area contributed by atoms with Crippen LogP contribution in [0.1, 0.15) is 16.5 Å². The lowest BCUT2D eigenvalue weighted by Crippen LogP contribution is -2.07. The third-order valence-corrected chi connectivity index (χ3v) is 4.89. The van der Waals surface area contributed by atoms with E-state index < -0.39 is 27.7 Å². The SMILES string of the molecule is CS(=O)(=NC(=O)c1ncccn1)c1ccc(-c2noc(C(F)(F)F)n2)cc1. The Morgan fingerprint density at radius 3 is 2.33 bits per heavy atom. The molecule has 0 aliphatic carbocycles. The van der Waals surface area contributed by atoms with Gasteiger partial charge in [-0.25, -0.2) is 14.2 Å². The molecule has 0 fully saturated rings. The summed E-state index contributed by atoms with van der Waals surface area (Å²) < 4.78 is 58.1. The molecule has 1 unspecified atom stereocenters. The standard InChI is InChI=1S/C15H10F3N5O3S/c1-27(25,23-13(24)12-19-7-2-8-20-12)10-5-3-9(4-6-10)11-21-14(26-22-11)15(16,17)18/h2-8H,1H3. The van der Waals surface area contributed by atoms with E-state index in [-0.39, 0.29) is 22.1 Å². The van der Waals surface area contributed by atoms with Gasteiger partial charge in [-0.3, -0.25) is 4.79 Å². The Morgan fingerprint density at radius 1 is 1.15 bits per heavy atom. The van der Waals surface area contributed by atoms with Crippen molar-refractivity contribution in [2.75, 3.05) is 6.26 Å². The third-order valence-electron chi connectivity index (χ3n) is 3.23. The maximum atomic E-state index is 12.7. The van der Waals surface area contributed by atoms with Gasteiger partial charge in [0.2, 0.25) is 11.6 Å². The van der Waals surface area contributed by atoms with Crippen LogP contribution >= 0.6 is 0 Å². The fraction of sp³-hybridized carbons (Fsp3) is 0.133. The van der Waals surface area contributed by atoms with E-state index in [0.29, 0.717) is 0 Å². The quantitative estimate of drug-likeness (QED) is 0.668. The fourth-order valence-corrected chi connectivity index (χ4v) is 3.12. The second kappa shape index (κ2) is 6.87. The van der Waals surface area contributed by atoms with Gasteiger partial charge in [0.05, 0.1) is 9.73 Å². The predicted molar refractivity (Wildman–Crippen MR) is 85.9 cm³/mol. The summed E-state index contributed by atoms with van der Waals surface area (Å²) in [5.41, 5.74) is 0.214. The average molecular weight is 397 g/mol. The second-order valence-electron chi connectivity index (χ2n) is 5.22. The van der Waals surface area contributed by atoms with Gasteiger partial charge in [-0.05, 0) is 30.3 Å². The first-order valence-electron chi connectivity index (χ1n) is 7.22. The zero-order valence-electron chi connectivity index (χ0n) is 13.5. The second-order valence-corrected chi connectivity index (χ2v) is 7.48. The van der Waals surface area contributed by atoms with E-state index in [1.54, 1.807) is 0 Å². The van der Waals surface area contributed by atoms with E-state index in [4.69, 9.17) is 0 Å². The monoisotopic (exact) mass is 397 g/mol. The summed E-state index contributed by atoms with van der Waals surface area (Å²) in [5.74, 6) is -2.79. The van der Waals surface area contributed by atoms with Crippen molar-refractivity contribution in [3.05, 3.63) is 54.4 Å². The average Bonchev–Trinajstić information content (AvgIpc) is 3.13. The molecule has 0 N–H and O–H groups in total. The summed E-state index contributed by atoms with van der Waals surface area (Å²) >= 11 is 0. The first kappa shape index (κ1) is 18.6. The molecule has 1 amide bonds. The molecule has 1 aromatic carbocycles. The zero-order valence-corrected chi connectivity index (χ0v) is 14.4. The maximum absolute atomic E-state index is 12.7. The van der Waals surface area contributed by atoms with Crippen LogP contribution in [0.15, 0.2) is 56.5 Å². The van der Waals surface area contributed by atoms with Crippen molar-refractivity contribution in [2.24, 2.45) is 4.36 Å². The van der Waals surface area contributed by atoms with E-state index in [1.165, 1.54) is 49.0 Å². The van der Waals surface area contributed by atoms with E-state index >= 15 is 0 Å². The number of carbonyl (C=O) groups excluding carboxylic acids is 1. The smallest absolute Gasteiger partial charge is 0.329 e. The van der Waals surface area contributed by atoms with Crippen LogP contribution in [-0.2, 0) is 15.9 Å². The molecule has 3 rings (SSSR count). The number of nitrogens with zero attached hydrogens (tertiary/aromatic N) is 5. The van der Waals surface area contributed by atoms with Crippen LogP contribution in [0, 0.1) is 0 Å². The van der Waals surface area contributed by atoms with E-state index in [1.807, 2.05) is 0 Å². The van der Waals surface area contributed by atoms with Gasteiger partial charge >= 0.3 is 18.0 Å². The van der Waals surface area contributed by atoms with Crippen LogP contribution in [0.25, 0.3) is 11.4 Å². The number of carbonyl (C=O) groups is 1. The van der Waals surface area contributed by atoms with Crippen molar-refractivity contribution in [1.82, 2.24) is 20.1 Å². The molecule has 8 nitrogen and oxygen atoms in total. The number of hydrogen-bond donors (Lipinski definition) is 0. The Balaban J connectivity index is 1.88. The van der Waals surface area contributed by atoms with Crippen LogP contribution in [-0.4, -0.2) is 36.5 Å². The first-order chi connectivity index (χ1) is 12.7. The van der Waals surface area contributed by atoms with E-state index in [9.17, 15) is 22.2 Å². The topological polar surface area (TPSA) is 111 Å². The molecule has 0 aliphatic heterocycles. The summed E-state index contributed by atoms with van der Waals surface area (Å²) in [6.07, 6.45) is -0.801. The molecule has 1 atom stereocenters. The molecule has 0 saturated carbocycles. The van der Waals surface area contributed by atoms with Crippen molar-refractivity contribution in [1.29, 1.82) is 0 Å². The minimum Gasteiger partial charge on any atom is -0.329 e. The van der Waals surface area contributed by atoms with Crippen molar-refractivity contribution >= 4 is 15.6 Å². The summed E-state index contributed by atoms with van der Waals surface area (Å²) in [5, 5.41) is 3.26. The molecule has 0 bridgehead atoms. The summed E-state index contributed by atoms with van der Waals surface area (Å²) in [7, 11) is -3.12. The van der Waals surface area contributed by atoms with Crippen LogP contribution in [0.2, 0.25) is 0 Å². The lowest BCUT2D eigenvalue weighted by Gasteiger charge is -2.04. The zero-order chi connectivity index (χ0) is 19.7. The Morgan fingerprint density at radius 2 is 1.78 bits per heavy atom. The maximum Gasteiger partial charge on any atom is 0.471 e. The van der Waals surface area contributed by atoms with Crippen LogP contribution in [0.4, 0.5) is 13.2 Å². The lowest BCUT2D eigenvalue weighted by molar-refractivity contribution is -0.159. The molecule has 0 radical (unpaired) electrons. The van der Waals surface area contributed by atoms with Crippen molar-refractivity contribution in [3.63, 3.8) is 0 Å². The normalized spacial score (nSPS) is 13.8. The van der Waals surface area contributed by atoms with Gasteiger partial charge in [0, 0.05) is 29.1 Å². The molecule has 12 heteroatoms.